The number of aromatic amines is 1. The Morgan fingerprint density at radius 1 is 0.864 bits per heavy atom. The number of nitrogens with zero attached hydrogens (tertiary/aromatic N) is 3. The molecular weight excluding hydrogens is 565 g/mol. The third kappa shape index (κ3) is 8.48. The van der Waals surface area contributed by atoms with Gasteiger partial charge in [-0.05, 0) is 106 Å². The number of aromatic nitrogens is 2. The zero-order valence-electron chi connectivity index (χ0n) is 25.2. The van der Waals surface area contributed by atoms with E-state index in [4.69, 9.17) is 14.9 Å². The quantitative estimate of drug-likeness (QED) is 0.224. The molecule has 6 rings (SSSR count). The summed E-state index contributed by atoms with van der Waals surface area (Å²) < 4.78 is 31.7. The summed E-state index contributed by atoms with van der Waals surface area (Å²) in [6, 6.07) is 24.2. The van der Waals surface area contributed by atoms with Gasteiger partial charge in [-0.1, -0.05) is 67.1 Å². The lowest BCUT2D eigenvalue weighted by Gasteiger charge is -2.34. The number of carboxylic acids is 1. The van der Waals surface area contributed by atoms with Crippen LogP contribution in [0.1, 0.15) is 49.7 Å². The van der Waals surface area contributed by atoms with Crippen molar-refractivity contribution in [1.82, 2.24) is 19.8 Å². The Bertz CT molecular complexity index is 1500. The molecule has 2 N–H and O–H groups in total. The standard InChI is InChI=1S/C33H40N4.C2HF3O2/c1-25-6-5-7-31-32(25)35-33(34-31)30-14-12-29(13-15-30)28-10-8-27(9-11-28)24-37-22-17-26(18-23-37)16-21-36-19-3-2-4-20-36;3-2(4,5)1(6)7/h5-15,26H,2-4,16-24H2,1H3,(H,34,35);(H,6,7). The van der Waals surface area contributed by atoms with Gasteiger partial charge in [0, 0.05) is 12.1 Å². The highest BCUT2D eigenvalue weighted by atomic mass is 19.4. The summed E-state index contributed by atoms with van der Waals surface area (Å²) in [6.45, 7) is 9.66. The molecular formula is C35H41F3N4O2. The minimum atomic E-state index is -5.08. The van der Waals surface area contributed by atoms with Gasteiger partial charge in [0.15, 0.2) is 0 Å². The van der Waals surface area contributed by atoms with Crippen molar-refractivity contribution < 1.29 is 23.1 Å². The van der Waals surface area contributed by atoms with E-state index in [9.17, 15) is 13.2 Å². The number of alkyl halides is 3. The molecule has 0 radical (unpaired) electrons. The number of hydrogen-bond acceptors (Lipinski definition) is 4. The molecule has 0 bridgehead atoms. The Morgan fingerprint density at radius 3 is 2.05 bits per heavy atom. The number of halogens is 3. The minimum Gasteiger partial charge on any atom is -0.475 e. The second-order valence-corrected chi connectivity index (χ2v) is 12.0. The first-order chi connectivity index (χ1) is 21.2. The van der Waals surface area contributed by atoms with Gasteiger partial charge in [0.1, 0.15) is 5.82 Å². The van der Waals surface area contributed by atoms with Crippen LogP contribution >= 0.6 is 0 Å². The van der Waals surface area contributed by atoms with Gasteiger partial charge in [0.25, 0.3) is 0 Å². The predicted octanol–water partition coefficient (Wildman–Crippen LogP) is 7.93. The zero-order valence-corrected chi connectivity index (χ0v) is 25.2. The molecule has 0 unspecified atom stereocenters. The molecule has 0 saturated carbocycles. The highest BCUT2D eigenvalue weighted by Gasteiger charge is 2.38. The van der Waals surface area contributed by atoms with E-state index in [1.54, 1.807) is 0 Å². The second kappa shape index (κ2) is 14.4. The molecule has 0 spiro atoms. The molecule has 9 heteroatoms. The van der Waals surface area contributed by atoms with Gasteiger partial charge in [-0.25, -0.2) is 9.78 Å². The number of fused-ring (bicyclic) bond motifs is 1. The maximum atomic E-state index is 10.6. The molecule has 4 aromatic rings. The van der Waals surface area contributed by atoms with E-state index in [0.717, 1.165) is 34.9 Å². The average molecular weight is 607 g/mol. The third-order valence-electron chi connectivity index (χ3n) is 8.82. The molecule has 2 fully saturated rings. The lowest BCUT2D eigenvalue weighted by atomic mass is 9.92. The third-order valence-corrected chi connectivity index (χ3v) is 8.82. The van der Waals surface area contributed by atoms with Crippen molar-refractivity contribution in [2.24, 2.45) is 5.92 Å². The second-order valence-electron chi connectivity index (χ2n) is 12.0. The van der Waals surface area contributed by atoms with Crippen LogP contribution in [0.25, 0.3) is 33.5 Å². The lowest BCUT2D eigenvalue weighted by Crippen LogP contribution is -2.36. The number of carbonyl (C=O) groups is 1. The molecule has 1 aromatic heterocycles. The van der Waals surface area contributed by atoms with Crippen LogP contribution in [-0.2, 0) is 11.3 Å². The number of carboxylic acid groups (broad SMARTS) is 1. The van der Waals surface area contributed by atoms with Crippen LogP contribution in [0, 0.1) is 12.8 Å². The zero-order chi connectivity index (χ0) is 31.1. The van der Waals surface area contributed by atoms with E-state index in [2.05, 4.69) is 88.4 Å². The van der Waals surface area contributed by atoms with Crippen molar-refractivity contribution in [1.29, 1.82) is 0 Å². The van der Waals surface area contributed by atoms with Crippen LogP contribution in [-0.4, -0.2) is 69.7 Å². The number of rotatable bonds is 7. The summed E-state index contributed by atoms with van der Waals surface area (Å²) in [5.41, 5.74) is 8.41. The lowest BCUT2D eigenvalue weighted by molar-refractivity contribution is -0.192. The molecule has 3 heterocycles. The average Bonchev–Trinajstić information content (AvgIpc) is 3.48. The summed E-state index contributed by atoms with van der Waals surface area (Å²) in [7, 11) is 0. The number of aryl methyl sites for hydroxylation is 1. The van der Waals surface area contributed by atoms with Crippen LogP contribution in [0.4, 0.5) is 13.2 Å². The summed E-state index contributed by atoms with van der Waals surface area (Å²) in [4.78, 5) is 22.5. The van der Waals surface area contributed by atoms with E-state index in [1.165, 1.54) is 93.5 Å². The monoisotopic (exact) mass is 606 g/mol. The van der Waals surface area contributed by atoms with Gasteiger partial charge in [-0.3, -0.25) is 4.90 Å². The molecule has 0 aliphatic carbocycles. The van der Waals surface area contributed by atoms with Crippen molar-refractivity contribution in [2.75, 3.05) is 32.7 Å². The Hall–Kier alpha value is -3.69. The van der Waals surface area contributed by atoms with Crippen molar-refractivity contribution >= 4 is 17.0 Å². The molecule has 0 amide bonds. The van der Waals surface area contributed by atoms with Gasteiger partial charge >= 0.3 is 12.1 Å². The van der Waals surface area contributed by atoms with Crippen LogP contribution < -0.4 is 0 Å². The number of aliphatic carboxylic acids is 1. The summed E-state index contributed by atoms with van der Waals surface area (Å²) >= 11 is 0. The molecule has 2 saturated heterocycles. The van der Waals surface area contributed by atoms with Crippen molar-refractivity contribution in [2.45, 2.75) is 58.2 Å². The number of imidazole rings is 1. The molecule has 2 aliphatic rings. The molecule has 2 aliphatic heterocycles. The first kappa shape index (κ1) is 31.7. The smallest absolute Gasteiger partial charge is 0.475 e. The number of piperidine rings is 2. The van der Waals surface area contributed by atoms with E-state index < -0.39 is 12.1 Å². The van der Waals surface area contributed by atoms with E-state index >= 15 is 0 Å². The number of hydrogen-bond donors (Lipinski definition) is 2. The fraction of sp³-hybridized carbons (Fsp3) is 0.429. The van der Waals surface area contributed by atoms with Crippen LogP contribution in [0.15, 0.2) is 66.7 Å². The van der Waals surface area contributed by atoms with Crippen LogP contribution in [0.5, 0.6) is 0 Å². The maximum absolute atomic E-state index is 10.6. The van der Waals surface area contributed by atoms with Gasteiger partial charge in [0.05, 0.1) is 11.0 Å². The van der Waals surface area contributed by atoms with Gasteiger partial charge in [0.2, 0.25) is 0 Å². The van der Waals surface area contributed by atoms with Gasteiger partial charge in [-0.2, -0.15) is 13.2 Å². The topological polar surface area (TPSA) is 72.5 Å². The van der Waals surface area contributed by atoms with Gasteiger partial charge in [-0.15, -0.1) is 0 Å². The Kier molecular flexibility index (Phi) is 10.4. The number of H-pyrrole nitrogens is 1. The van der Waals surface area contributed by atoms with E-state index in [1.807, 2.05) is 0 Å². The molecule has 6 nitrogen and oxygen atoms in total. The first-order valence-electron chi connectivity index (χ1n) is 15.6. The van der Waals surface area contributed by atoms with Gasteiger partial charge < -0.3 is 15.0 Å². The fourth-order valence-electron chi connectivity index (χ4n) is 6.17. The number of likely N-dealkylation sites (tertiary alicyclic amines) is 2. The number of benzene rings is 3. The number of nitrogens with one attached hydrogen (secondary N) is 1. The molecule has 3 aromatic carbocycles. The number of para-hydroxylation sites is 1. The molecule has 0 atom stereocenters. The first-order valence-corrected chi connectivity index (χ1v) is 15.6. The normalized spacial score (nSPS) is 16.9. The van der Waals surface area contributed by atoms with Crippen molar-refractivity contribution in [3.05, 3.63) is 77.9 Å². The fourth-order valence-corrected chi connectivity index (χ4v) is 6.17. The van der Waals surface area contributed by atoms with E-state index in [-0.39, 0.29) is 0 Å². The summed E-state index contributed by atoms with van der Waals surface area (Å²) in [5.74, 6) is -0.902. The molecule has 44 heavy (non-hydrogen) atoms. The van der Waals surface area contributed by atoms with Crippen molar-refractivity contribution in [3.63, 3.8) is 0 Å². The largest absolute Gasteiger partial charge is 0.490 e. The summed E-state index contributed by atoms with van der Waals surface area (Å²) in [5, 5.41) is 7.12. The van der Waals surface area contributed by atoms with Crippen LogP contribution in [0.3, 0.4) is 0 Å². The minimum absolute atomic E-state index is 0.923. The molecule has 234 valence electrons. The highest BCUT2D eigenvalue weighted by Crippen LogP contribution is 2.27. The SMILES string of the molecule is Cc1cccc2[nH]c(-c3ccc(-c4ccc(CN5CCC(CCN6CCCCC6)CC5)cc4)cc3)nc12.O=C(O)C(F)(F)F. The highest BCUT2D eigenvalue weighted by molar-refractivity contribution is 5.82. The van der Waals surface area contributed by atoms with E-state index in [0.29, 0.717) is 0 Å². The maximum Gasteiger partial charge on any atom is 0.490 e. The Labute approximate surface area is 256 Å². The predicted molar refractivity (Wildman–Crippen MR) is 168 cm³/mol. The summed E-state index contributed by atoms with van der Waals surface area (Å²) in [6.07, 6.45) is 3.30. The van der Waals surface area contributed by atoms with Crippen molar-refractivity contribution in [3.8, 4) is 22.5 Å². The van der Waals surface area contributed by atoms with Crippen LogP contribution in [0.2, 0.25) is 0 Å². The Morgan fingerprint density at radius 2 is 1.45 bits per heavy atom. The Balaban J connectivity index is 0.000000493.